The summed E-state index contributed by atoms with van der Waals surface area (Å²) in [6, 6.07) is 6.80. The van der Waals surface area contributed by atoms with E-state index in [0.29, 0.717) is 43.9 Å². The Bertz CT molecular complexity index is 827. The molecule has 4 atom stereocenters. The Morgan fingerprint density at radius 1 is 1.00 bits per heavy atom. The van der Waals surface area contributed by atoms with Crippen molar-refractivity contribution in [3.8, 4) is 5.75 Å². The third kappa shape index (κ3) is 15.4. The molecule has 0 radical (unpaired) electrons. The van der Waals surface area contributed by atoms with E-state index in [1.807, 2.05) is 46.1 Å². The molecular formula is C30H56Cl2N4O4. The Morgan fingerprint density at radius 3 is 2.23 bits per heavy atom. The second kappa shape index (κ2) is 22.1. The summed E-state index contributed by atoms with van der Waals surface area (Å²) in [7, 11) is 4.04. The van der Waals surface area contributed by atoms with Gasteiger partial charge in [-0.1, -0.05) is 53.2 Å². The first-order valence-corrected chi connectivity index (χ1v) is 14.3. The SMILES string of the molecule is CCCCNC(=O)[C@@H](C[C@H](O)[C@@H](N)C[C@H](CNC(=O)c1ccccc1OCCCN(C)C)C(C)C)C(C)C.Cl.Cl. The van der Waals surface area contributed by atoms with E-state index in [9.17, 15) is 14.7 Å². The highest BCUT2D eigenvalue weighted by Crippen LogP contribution is 2.24. The van der Waals surface area contributed by atoms with Crippen molar-refractivity contribution in [2.75, 3.05) is 40.3 Å². The van der Waals surface area contributed by atoms with Crippen molar-refractivity contribution >= 4 is 36.6 Å². The number of hydrogen-bond acceptors (Lipinski definition) is 6. The average Bonchev–Trinajstić information content (AvgIpc) is 2.86. The zero-order valence-corrected chi connectivity index (χ0v) is 27.3. The highest BCUT2D eigenvalue weighted by molar-refractivity contribution is 5.96. The molecule has 0 fully saturated rings. The number of aliphatic hydroxyl groups excluding tert-OH is 1. The van der Waals surface area contributed by atoms with Gasteiger partial charge in [-0.2, -0.15) is 0 Å². The van der Waals surface area contributed by atoms with Crippen molar-refractivity contribution in [2.24, 2.45) is 29.4 Å². The lowest BCUT2D eigenvalue weighted by molar-refractivity contribution is -0.127. The minimum Gasteiger partial charge on any atom is -0.493 e. The second-order valence-corrected chi connectivity index (χ2v) is 11.4. The first kappa shape index (κ1) is 40.6. The van der Waals surface area contributed by atoms with Crippen LogP contribution in [0.2, 0.25) is 0 Å². The van der Waals surface area contributed by atoms with Gasteiger partial charge in [0, 0.05) is 31.6 Å². The number of hydrogen-bond donors (Lipinski definition) is 4. The quantitative estimate of drug-likeness (QED) is 0.172. The third-order valence-corrected chi connectivity index (χ3v) is 7.14. The van der Waals surface area contributed by atoms with E-state index in [-0.39, 0.29) is 60.3 Å². The summed E-state index contributed by atoms with van der Waals surface area (Å²) in [6.07, 6.45) is 2.90. The monoisotopic (exact) mass is 606 g/mol. The summed E-state index contributed by atoms with van der Waals surface area (Å²) in [5.41, 5.74) is 6.95. The first-order chi connectivity index (χ1) is 18.0. The highest BCUT2D eigenvalue weighted by atomic mass is 35.5. The van der Waals surface area contributed by atoms with Crippen molar-refractivity contribution in [3.63, 3.8) is 0 Å². The number of amides is 2. The van der Waals surface area contributed by atoms with Gasteiger partial charge in [0.1, 0.15) is 5.75 Å². The number of para-hydroxylation sites is 1. The molecule has 2 amide bonds. The van der Waals surface area contributed by atoms with Crippen LogP contribution in [0, 0.1) is 23.7 Å². The number of nitrogens with two attached hydrogens (primary N) is 1. The molecule has 0 bridgehead atoms. The maximum atomic E-state index is 13.0. The number of rotatable bonds is 19. The molecule has 0 saturated heterocycles. The molecule has 0 aromatic heterocycles. The number of unbranched alkanes of at least 4 members (excludes halogenated alkanes) is 1. The van der Waals surface area contributed by atoms with Gasteiger partial charge >= 0.3 is 0 Å². The Hall–Kier alpha value is -1.58. The molecule has 5 N–H and O–H groups in total. The number of carbonyl (C=O) groups is 2. The van der Waals surface area contributed by atoms with Gasteiger partial charge < -0.3 is 31.1 Å². The molecule has 0 unspecified atom stereocenters. The molecule has 234 valence electrons. The van der Waals surface area contributed by atoms with Crippen molar-refractivity contribution in [3.05, 3.63) is 29.8 Å². The lowest BCUT2D eigenvalue weighted by Gasteiger charge is -2.30. The van der Waals surface area contributed by atoms with E-state index in [4.69, 9.17) is 10.5 Å². The van der Waals surface area contributed by atoms with Gasteiger partial charge in [-0.25, -0.2) is 0 Å². The van der Waals surface area contributed by atoms with Crippen molar-refractivity contribution in [2.45, 2.75) is 78.9 Å². The van der Waals surface area contributed by atoms with Crippen LogP contribution in [0.3, 0.4) is 0 Å². The molecule has 8 nitrogen and oxygen atoms in total. The number of benzene rings is 1. The average molecular weight is 608 g/mol. The smallest absolute Gasteiger partial charge is 0.255 e. The molecule has 0 aliphatic carbocycles. The standard InChI is InChI=1S/C30H54N4O4.2ClH/c1-8-9-15-32-30(37)25(22(4)5)19-27(35)26(31)18-23(21(2)3)20-33-29(36)24-13-10-11-14-28(24)38-17-12-16-34(6)7;;/h10-11,13-14,21-23,25-27,35H,8-9,12,15-20,31H2,1-7H3,(H,32,37)(H,33,36);2*1H/t23-,25+,26+,27+;;/m1../s1. The Balaban J connectivity index is 0. The molecule has 1 aromatic rings. The number of nitrogens with zero attached hydrogens (tertiary/aromatic N) is 1. The molecule has 0 saturated carbocycles. The van der Waals surface area contributed by atoms with Gasteiger partial charge in [-0.3, -0.25) is 9.59 Å². The van der Waals surface area contributed by atoms with Crippen LogP contribution in [-0.2, 0) is 4.79 Å². The van der Waals surface area contributed by atoms with E-state index in [2.05, 4.69) is 36.3 Å². The highest BCUT2D eigenvalue weighted by Gasteiger charge is 2.29. The summed E-state index contributed by atoms with van der Waals surface area (Å²) in [6.45, 7) is 12.8. The lowest BCUT2D eigenvalue weighted by Crippen LogP contribution is -2.44. The molecule has 10 heteroatoms. The molecule has 0 heterocycles. The van der Waals surface area contributed by atoms with E-state index < -0.39 is 12.1 Å². The number of halogens is 2. The first-order valence-electron chi connectivity index (χ1n) is 14.3. The third-order valence-electron chi connectivity index (χ3n) is 7.14. The topological polar surface area (TPSA) is 117 Å². The molecule has 0 aliphatic rings. The van der Waals surface area contributed by atoms with Crippen molar-refractivity contribution < 1.29 is 19.4 Å². The number of carbonyl (C=O) groups excluding carboxylic acids is 2. The predicted molar refractivity (Wildman–Crippen MR) is 170 cm³/mol. The number of aliphatic hydroxyl groups is 1. The Kier molecular flexibility index (Phi) is 22.4. The molecular weight excluding hydrogens is 551 g/mol. The molecule has 0 spiro atoms. The number of ether oxygens (including phenoxy) is 1. The summed E-state index contributed by atoms with van der Waals surface area (Å²) < 4.78 is 5.89. The normalized spacial score (nSPS) is 14.1. The van der Waals surface area contributed by atoms with Crippen LogP contribution in [0.5, 0.6) is 5.75 Å². The summed E-state index contributed by atoms with van der Waals surface area (Å²) in [5.74, 6) is 0.514. The van der Waals surface area contributed by atoms with E-state index >= 15 is 0 Å². The van der Waals surface area contributed by atoms with Crippen LogP contribution < -0.4 is 21.1 Å². The Morgan fingerprint density at radius 2 is 1.65 bits per heavy atom. The van der Waals surface area contributed by atoms with Crippen LogP contribution in [-0.4, -0.2) is 74.3 Å². The Labute approximate surface area is 255 Å². The van der Waals surface area contributed by atoms with Gasteiger partial charge in [0.15, 0.2) is 0 Å². The fourth-order valence-electron chi connectivity index (χ4n) is 4.40. The van der Waals surface area contributed by atoms with Crippen LogP contribution in [0.1, 0.15) is 77.1 Å². The van der Waals surface area contributed by atoms with Crippen LogP contribution in [0.15, 0.2) is 24.3 Å². The van der Waals surface area contributed by atoms with Gasteiger partial charge in [-0.15, -0.1) is 24.8 Å². The molecule has 1 rings (SSSR count). The lowest BCUT2D eigenvalue weighted by atomic mass is 9.83. The zero-order valence-electron chi connectivity index (χ0n) is 25.7. The minimum atomic E-state index is -0.799. The van der Waals surface area contributed by atoms with Gasteiger partial charge in [0.05, 0.1) is 18.3 Å². The maximum absolute atomic E-state index is 13.0. The summed E-state index contributed by atoms with van der Waals surface area (Å²) in [5, 5.41) is 16.9. The summed E-state index contributed by atoms with van der Waals surface area (Å²) in [4.78, 5) is 27.8. The summed E-state index contributed by atoms with van der Waals surface area (Å²) >= 11 is 0. The molecule has 1 aromatic carbocycles. The van der Waals surface area contributed by atoms with Crippen molar-refractivity contribution in [1.82, 2.24) is 15.5 Å². The van der Waals surface area contributed by atoms with E-state index in [1.165, 1.54) is 0 Å². The van der Waals surface area contributed by atoms with Crippen LogP contribution in [0.4, 0.5) is 0 Å². The molecule has 40 heavy (non-hydrogen) atoms. The van der Waals surface area contributed by atoms with Crippen molar-refractivity contribution in [1.29, 1.82) is 0 Å². The largest absolute Gasteiger partial charge is 0.493 e. The predicted octanol–water partition coefficient (Wildman–Crippen LogP) is 4.52. The van der Waals surface area contributed by atoms with E-state index in [0.717, 1.165) is 25.8 Å². The zero-order chi connectivity index (χ0) is 28.7. The van der Waals surface area contributed by atoms with Gasteiger partial charge in [0.25, 0.3) is 5.91 Å². The fourth-order valence-corrected chi connectivity index (χ4v) is 4.40. The van der Waals surface area contributed by atoms with Gasteiger partial charge in [-0.05, 0) is 69.7 Å². The number of nitrogens with one attached hydrogen (secondary N) is 2. The fraction of sp³-hybridized carbons (Fsp3) is 0.733. The second-order valence-electron chi connectivity index (χ2n) is 11.4. The van der Waals surface area contributed by atoms with Gasteiger partial charge in [0.2, 0.25) is 5.91 Å². The van der Waals surface area contributed by atoms with Crippen LogP contribution >= 0.6 is 24.8 Å². The molecule has 0 aliphatic heterocycles. The maximum Gasteiger partial charge on any atom is 0.255 e. The van der Waals surface area contributed by atoms with E-state index in [1.54, 1.807) is 6.07 Å². The van der Waals surface area contributed by atoms with Crippen LogP contribution in [0.25, 0.3) is 0 Å². The minimum absolute atomic E-state index is 0.